The highest BCUT2D eigenvalue weighted by Crippen LogP contribution is 2.31. The fourth-order valence-corrected chi connectivity index (χ4v) is 2.34. The summed E-state index contributed by atoms with van der Waals surface area (Å²) in [5, 5.41) is 3.96. The van der Waals surface area contributed by atoms with Crippen molar-refractivity contribution in [2.45, 2.75) is 33.1 Å². The molecular formula is C15H19ClFN3O. The van der Waals surface area contributed by atoms with Gasteiger partial charge in [0.15, 0.2) is 0 Å². The van der Waals surface area contributed by atoms with Gasteiger partial charge >= 0.3 is 0 Å². The van der Waals surface area contributed by atoms with Gasteiger partial charge in [0.25, 0.3) is 0 Å². The first kappa shape index (κ1) is 15.9. The van der Waals surface area contributed by atoms with Gasteiger partial charge in [-0.1, -0.05) is 37.5 Å². The lowest BCUT2D eigenvalue weighted by molar-refractivity contribution is 0.287. The Labute approximate surface area is 128 Å². The van der Waals surface area contributed by atoms with Gasteiger partial charge in [-0.25, -0.2) is 4.39 Å². The molecule has 6 heteroatoms. The first-order valence-electron chi connectivity index (χ1n) is 6.79. The summed E-state index contributed by atoms with van der Waals surface area (Å²) in [6.45, 7) is 6.83. The Kier molecular flexibility index (Phi) is 4.64. The number of aromatic nitrogens is 2. The standard InChI is InChI=1S/C15H19ClFN3O/c1-15(2,3)7-10(8-18)14-19-13(20-21-14)9-4-5-12(17)11(16)6-9/h4-6,10H,7-8,18H2,1-3H3. The van der Waals surface area contributed by atoms with Gasteiger partial charge in [-0.3, -0.25) is 0 Å². The number of benzene rings is 1. The van der Waals surface area contributed by atoms with E-state index in [2.05, 4.69) is 30.9 Å². The van der Waals surface area contributed by atoms with Crippen LogP contribution in [0.2, 0.25) is 5.02 Å². The van der Waals surface area contributed by atoms with Crippen LogP contribution < -0.4 is 5.73 Å². The third-order valence-electron chi connectivity index (χ3n) is 3.11. The molecule has 2 N–H and O–H groups in total. The van der Waals surface area contributed by atoms with Crippen molar-refractivity contribution in [2.75, 3.05) is 6.54 Å². The maximum atomic E-state index is 13.2. The molecule has 2 aromatic rings. The molecule has 4 nitrogen and oxygen atoms in total. The van der Waals surface area contributed by atoms with E-state index < -0.39 is 5.82 Å². The Morgan fingerprint density at radius 1 is 1.38 bits per heavy atom. The van der Waals surface area contributed by atoms with Gasteiger partial charge < -0.3 is 10.3 Å². The first-order valence-corrected chi connectivity index (χ1v) is 7.17. The van der Waals surface area contributed by atoms with Crippen LogP contribution in [0.25, 0.3) is 11.4 Å². The molecule has 2 rings (SSSR count). The molecule has 0 fully saturated rings. The number of nitrogens with two attached hydrogens (primary N) is 1. The van der Waals surface area contributed by atoms with E-state index in [4.69, 9.17) is 21.9 Å². The van der Waals surface area contributed by atoms with E-state index in [-0.39, 0.29) is 16.4 Å². The molecule has 1 aromatic carbocycles. The van der Waals surface area contributed by atoms with Gasteiger partial charge in [-0.15, -0.1) is 0 Å². The lowest BCUT2D eigenvalue weighted by atomic mass is 9.84. The van der Waals surface area contributed by atoms with Crippen LogP contribution >= 0.6 is 11.6 Å². The third-order valence-corrected chi connectivity index (χ3v) is 3.40. The van der Waals surface area contributed by atoms with Crippen molar-refractivity contribution in [3.8, 4) is 11.4 Å². The quantitative estimate of drug-likeness (QED) is 0.926. The molecule has 0 aliphatic rings. The van der Waals surface area contributed by atoms with Crippen LogP contribution in [0, 0.1) is 11.2 Å². The van der Waals surface area contributed by atoms with E-state index >= 15 is 0 Å². The smallest absolute Gasteiger partial charge is 0.231 e. The summed E-state index contributed by atoms with van der Waals surface area (Å²) in [5.74, 6) is 0.418. The highest BCUT2D eigenvalue weighted by molar-refractivity contribution is 6.31. The highest BCUT2D eigenvalue weighted by Gasteiger charge is 2.24. The van der Waals surface area contributed by atoms with Crippen molar-refractivity contribution in [2.24, 2.45) is 11.1 Å². The van der Waals surface area contributed by atoms with Crippen molar-refractivity contribution in [3.63, 3.8) is 0 Å². The monoisotopic (exact) mass is 311 g/mol. The Hall–Kier alpha value is -1.46. The maximum absolute atomic E-state index is 13.2. The average molecular weight is 312 g/mol. The number of hydrogen-bond donors (Lipinski definition) is 1. The summed E-state index contributed by atoms with van der Waals surface area (Å²) in [5.41, 5.74) is 6.53. The maximum Gasteiger partial charge on any atom is 0.231 e. The van der Waals surface area contributed by atoms with Crippen molar-refractivity contribution < 1.29 is 8.91 Å². The molecule has 114 valence electrons. The van der Waals surface area contributed by atoms with Gasteiger partial charge in [0.2, 0.25) is 11.7 Å². The zero-order valence-electron chi connectivity index (χ0n) is 12.4. The van der Waals surface area contributed by atoms with Crippen molar-refractivity contribution in [1.29, 1.82) is 0 Å². The molecule has 21 heavy (non-hydrogen) atoms. The molecule has 0 radical (unpaired) electrons. The number of nitrogens with zero attached hydrogens (tertiary/aromatic N) is 2. The molecule has 0 amide bonds. The summed E-state index contributed by atoms with van der Waals surface area (Å²) in [6.07, 6.45) is 0.843. The molecule has 1 aromatic heterocycles. The second-order valence-corrected chi connectivity index (χ2v) is 6.69. The average Bonchev–Trinajstić information content (AvgIpc) is 2.87. The lowest BCUT2D eigenvalue weighted by Gasteiger charge is -2.22. The summed E-state index contributed by atoms with van der Waals surface area (Å²) >= 11 is 5.77. The summed E-state index contributed by atoms with van der Waals surface area (Å²) in [6, 6.07) is 4.33. The van der Waals surface area contributed by atoms with Gasteiger partial charge in [0.05, 0.1) is 10.9 Å². The predicted octanol–water partition coefficient (Wildman–Crippen LogP) is 4.01. The lowest BCUT2D eigenvalue weighted by Crippen LogP contribution is -2.19. The second-order valence-electron chi connectivity index (χ2n) is 6.28. The minimum absolute atomic E-state index is 0.00201. The number of rotatable bonds is 4. The van der Waals surface area contributed by atoms with Gasteiger partial charge in [0.1, 0.15) is 5.82 Å². The van der Waals surface area contributed by atoms with E-state index in [0.717, 1.165) is 6.42 Å². The Morgan fingerprint density at radius 3 is 2.67 bits per heavy atom. The fraction of sp³-hybridized carbons (Fsp3) is 0.467. The molecular weight excluding hydrogens is 293 g/mol. The molecule has 1 unspecified atom stereocenters. The van der Waals surface area contributed by atoms with E-state index in [0.29, 0.717) is 23.8 Å². The Morgan fingerprint density at radius 2 is 2.10 bits per heavy atom. The minimum atomic E-state index is -0.475. The van der Waals surface area contributed by atoms with Crippen LogP contribution in [-0.4, -0.2) is 16.7 Å². The van der Waals surface area contributed by atoms with Gasteiger partial charge in [0, 0.05) is 12.1 Å². The second kappa shape index (κ2) is 6.12. The summed E-state index contributed by atoms with van der Waals surface area (Å²) < 4.78 is 18.5. The molecule has 0 spiro atoms. The zero-order valence-corrected chi connectivity index (χ0v) is 13.1. The molecule has 0 aliphatic carbocycles. The van der Waals surface area contributed by atoms with Crippen LogP contribution in [0.4, 0.5) is 4.39 Å². The van der Waals surface area contributed by atoms with E-state index in [1.54, 1.807) is 6.07 Å². The van der Waals surface area contributed by atoms with Crippen molar-refractivity contribution >= 4 is 11.6 Å². The van der Waals surface area contributed by atoms with Gasteiger partial charge in [-0.05, 0) is 30.0 Å². The molecule has 0 bridgehead atoms. The highest BCUT2D eigenvalue weighted by atomic mass is 35.5. The van der Waals surface area contributed by atoms with E-state index in [1.807, 2.05) is 0 Å². The topological polar surface area (TPSA) is 64.9 Å². The SMILES string of the molecule is CC(C)(C)CC(CN)c1nc(-c2ccc(F)c(Cl)c2)no1. The Bertz CT molecular complexity index is 622. The summed E-state index contributed by atoms with van der Waals surface area (Å²) in [4.78, 5) is 4.37. The van der Waals surface area contributed by atoms with Crippen LogP contribution in [-0.2, 0) is 0 Å². The fourth-order valence-electron chi connectivity index (χ4n) is 2.16. The molecule has 0 saturated carbocycles. The number of hydrogen-bond acceptors (Lipinski definition) is 4. The zero-order chi connectivity index (χ0) is 15.6. The van der Waals surface area contributed by atoms with E-state index in [1.165, 1.54) is 12.1 Å². The summed E-state index contributed by atoms with van der Waals surface area (Å²) in [7, 11) is 0. The van der Waals surface area contributed by atoms with Crippen LogP contribution in [0.15, 0.2) is 22.7 Å². The van der Waals surface area contributed by atoms with Crippen LogP contribution in [0.5, 0.6) is 0 Å². The first-order chi connectivity index (χ1) is 9.80. The largest absolute Gasteiger partial charge is 0.339 e. The van der Waals surface area contributed by atoms with Crippen molar-refractivity contribution in [1.82, 2.24) is 10.1 Å². The molecule has 0 saturated heterocycles. The van der Waals surface area contributed by atoms with Gasteiger partial charge in [-0.2, -0.15) is 4.98 Å². The Balaban J connectivity index is 2.25. The molecule has 1 heterocycles. The molecule has 1 atom stereocenters. The van der Waals surface area contributed by atoms with Crippen LogP contribution in [0.3, 0.4) is 0 Å². The van der Waals surface area contributed by atoms with Crippen LogP contribution in [0.1, 0.15) is 39.0 Å². The van der Waals surface area contributed by atoms with Crippen molar-refractivity contribution in [3.05, 3.63) is 34.9 Å². The normalized spacial score (nSPS) is 13.4. The van der Waals surface area contributed by atoms with E-state index in [9.17, 15) is 4.39 Å². The minimum Gasteiger partial charge on any atom is -0.339 e. The number of halogens is 2. The predicted molar refractivity (Wildman–Crippen MR) is 80.6 cm³/mol. The molecule has 0 aliphatic heterocycles. The third kappa shape index (κ3) is 4.02.